The van der Waals surface area contributed by atoms with E-state index in [2.05, 4.69) is 10.1 Å². The Kier molecular flexibility index (Phi) is 3.81. The highest BCUT2D eigenvalue weighted by Crippen LogP contribution is 2.26. The predicted molar refractivity (Wildman–Crippen MR) is 62.6 cm³/mol. The van der Waals surface area contributed by atoms with Crippen LogP contribution in [-0.4, -0.2) is 49.9 Å². The van der Waals surface area contributed by atoms with Gasteiger partial charge in [-0.1, -0.05) is 5.16 Å². The first kappa shape index (κ1) is 13.9. The monoisotopic (exact) mass is 287 g/mol. The molecule has 1 saturated heterocycles. The zero-order valence-electron chi connectivity index (χ0n) is 10.5. The minimum absolute atomic E-state index is 0.0144. The van der Waals surface area contributed by atoms with Crippen molar-refractivity contribution in [1.29, 1.82) is 0 Å². The average molecular weight is 287 g/mol. The van der Waals surface area contributed by atoms with Crippen molar-refractivity contribution in [2.75, 3.05) is 19.8 Å². The molecular weight excluding hydrogens is 274 g/mol. The Morgan fingerprint density at radius 3 is 2.79 bits per heavy atom. The van der Waals surface area contributed by atoms with Crippen LogP contribution in [0.3, 0.4) is 0 Å². The van der Waals surface area contributed by atoms with Crippen LogP contribution in [0.4, 0.5) is 0 Å². The lowest BCUT2D eigenvalue weighted by Gasteiger charge is -2.30. The number of rotatable bonds is 3. The van der Waals surface area contributed by atoms with Crippen LogP contribution >= 0.6 is 0 Å². The van der Waals surface area contributed by atoms with Gasteiger partial charge in [-0.25, -0.2) is 13.2 Å². The Hall–Kier alpha value is -1.54. The van der Waals surface area contributed by atoms with Gasteiger partial charge in [0.15, 0.2) is 11.9 Å². The van der Waals surface area contributed by atoms with E-state index in [1.165, 1.54) is 13.0 Å². The fourth-order valence-corrected chi connectivity index (χ4v) is 3.77. The molecule has 1 aliphatic rings. The lowest BCUT2D eigenvalue weighted by Crippen LogP contribution is -2.47. The van der Waals surface area contributed by atoms with Gasteiger partial charge < -0.3 is 9.26 Å². The average Bonchev–Trinajstić information content (AvgIpc) is 2.70. The van der Waals surface area contributed by atoms with E-state index < -0.39 is 16.2 Å². The molecule has 9 heteroatoms. The van der Waals surface area contributed by atoms with Gasteiger partial charge in [0.1, 0.15) is 10.6 Å². The van der Waals surface area contributed by atoms with E-state index in [0.717, 1.165) is 4.31 Å². The van der Waals surface area contributed by atoms with E-state index in [1.54, 1.807) is 6.92 Å². The lowest BCUT2D eigenvalue weighted by atomic mass is 10.4. The Labute approximate surface area is 110 Å². The van der Waals surface area contributed by atoms with E-state index in [1.807, 2.05) is 0 Å². The van der Waals surface area contributed by atoms with Gasteiger partial charge in [0.2, 0.25) is 16.1 Å². The van der Waals surface area contributed by atoms with E-state index in [4.69, 9.17) is 9.26 Å². The molecule has 0 N–H and O–H groups in total. The van der Waals surface area contributed by atoms with E-state index in [0.29, 0.717) is 0 Å². The molecule has 8 nitrogen and oxygen atoms in total. The minimum atomic E-state index is -3.83. The van der Waals surface area contributed by atoms with Gasteiger partial charge in [0, 0.05) is 6.54 Å². The summed E-state index contributed by atoms with van der Waals surface area (Å²) in [5, 5.41) is 3.63. The maximum atomic E-state index is 12.6. The van der Waals surface area contributed by atoms with Gasteiger partial charge in [-0.3, -0.25) is 0 Å². The molecule has 0 bridgehead atoms. The van der Waals surface area contributed by atoms with Crippen molar-refractivity contribution in [2.45, 2.75) is 24.9 Å². The van der Waals surface area contributed by atoms with Gasteiger partial charge >= 0.3 is 0 Å². The maximum absolute atomic E-state index is 12.6. The molecule has 1 atom stereocenters. The van der Waals surface area contributed by atoms with Gasteiger partial charge in [-0.05, 0) is 13.8 Å². The third kappa shape index (κ3) is 2.45. The molecule has 1 fully saturated rings. The molecule has 19 heavy (non-hydrogen) atoms. The molecule has 2 rings (SSSR count). The standard InChI is InChI=1S/C10H13N3O5S/c1-7-10(8(2)18-12-7)19(15,16)13-3-4-17-5-9(13)11-6-14/h9H,3-5H2,1-2H3. The summed E-state index contributed by atoms with van der Waals surface area (Å²) in [6, 6.07) is 0. The fraction of sp³-hybridized carbons (Fsp3) is 0.600. The minimum Gasteiger partial charge on any atom is -0.376 e. The molecule has 2 heterocycles. The number of nitrogens with zero attached hydrogens (tertiary/aromatic N) is 3. The number of sulfonamides is 1. The Bertz CT molecular complexity index is 598. The first-order valence-electron chi connectivity index (χ1n) is 5.58. The molecule has 1 aromatic heterocycles. The van der Waals surface area contributed by atoms with E-state index in [-0.39, 0.29) is 36.1 Å². The number of aryl methyl sites for hydroxylation is 2. The molecule has 1 aromatic rings. The first-order chi connectivity index (χ1) is 8.98. The molecule has 104 valence electrons. The number of hydrogen-bond donors (Lipinski definition) is 0. The molecule has 1 unspecified atom stereocenters. The fourth-order valence-electron chi connectivity index (χ4n) is 1.98. The second kappa shape index (κ2) is 5.22. The van der Waals surface area contributed by atoms with Gasteiger partial charge in [0.05, 0.1) is 13.2 Å². The summed E-state index contributed by atoms with van der Waals surface area (Å²) < 4.78 is 36.2. The number of hydrogen-bond acceptors (Lipinski definition) is 7. The predicted octanol–water partition coefficient (Wildman–Crippen LogP) is -0.0258. The number of carbonyl (C=O) groups excluding carboxylic acids is 1. The van der Waals surface area contributed by atoms with Crippen molar-refractivity contribution >= 4 is 16.1 Å². The Morgan fingerprint density at radius 1 is 1.47 bits per heavy atom. The lowest BCUT2D eigenvalue weighted by molar-refractivity contribution is 0.0359. The van der Waals surface area contributed by atoms with E-state index in [9.17, 15) is 13.2 Å². The van der Waals surface area contributed by atoms with Crippen LogP contribution in [0.5, 0.6) is 0 Å². The van der Waals surface area contributed by atoms with Crippen molar-refractivity contribution in [1.82, 2.24) is 9.46 Å². The highest BCUT2D eigenvalue weighted by atomic mass is 32.2. The third-order valence-electron chi connectivity index (χ3n) is 2.79. The molecule has 0 radical (unpaired) electrons. The smallest absolute Gasteiger partial charge is 0.250 e. The summed E-state index contributed by atoms with van der Waals surface area (Å²) in [6.07, 6.45) is 0.466. The summed E-state index contributed by atoms with van der Waals surface area (Å²) in [7, 11) is -3.83. The highest BCUT2D eigenvalue weighted by molar-refractivity contribution is 7.89. The van der Waals surface area contributed by atoms with Crippen LogP contribution in [0, 0.1) is 13.8 Å². The summed E-state index contributed by atoms with van der Waals surface area (Å²) >= 11 is 0. The van der Waals surface area contributed by atoms with Gasteiger partial charge in [-0.15, -0.1) is 0 Å². The van der Waals surface area contributed by atoms with Gasteiger partial charge in [0.25, 0.3) is 0 Å². The third-order valence-corrected chi connectivity index (χ3v) is 4.93. The molecule has 0 aromatic carbocycles. The number of isocyanates is 1. The Morgan fingerprint density at radius 2 is 2.21 bits per heavy atom. The maximum Gasteiger partial charge on any atom is 0.250 e. The van der Waals surface area contributed by atoms with Crippen molar-refractivity contribution in [2.24, 2.45) is 4.99 Å². The SMILES string of the molecule is Cc1noc(C)c1S(=O)(=O)N1CCOCC1N=C=O. The summed E-state index contributed by atoms with van der Waals surface area (Å²) in [4.78, 5) is 13.8. The largest absolute Gasteiger partial charge is 0.376 e. The van der Waals surface area contributed by atoms with Crippen LogP contribution in [0.1, 0.15) is 11.5 Å². The zero-order chi connectivity index (χ0) is 14.0. The summed E-state index contributed by atoms with van der Waals surface area (Å²) in [5.74, 6) is 0.206. The number of aromatic nitrogens is 1. The second-order valence-corrected chi connectivity index (χ2v) is 5.87. The molecule has 0 amide bonds. The number of ether oxygens (including phenoxy) is 1. The summed E-state index contributed by atoms with van der Waals surface area (Å²) in [5.41, 5.74) is 0.276. The van der Waals surface area contributed by atoms with Crippen LogP contribution in [-0.2, 0) is 19.6 Å². The first-order valence-corrected chi connectivity index (χ1v) is 7.02. The van der Waals surface area contributed by atoms with Crippen LogP contribution in [0.25, 0.3) is 0 Å². The molecule has 0 aliphatic carbocycles. The van der Waals surface area contributed by atoms with Crippen LogP contribution in [0.2, 0.25) is 0 Å². The van der Waals surface area contributed by atoms with Crippen molar-refractivity contribution in [3.8, 4) is 0 Å². The second-order valence-electron chi connectivity index (χ2n) is 4.04. The Balaban J connectivity index is 2.46. The highest BCUT2D eigenvalue weighted by Gasteiger charge is 2.37. The van der Waals surface area contributed by atoms with E-state index >= 15 is 0 Å². The van der Waals surface area contributed by atoms with Crippen LogP contribution < -0.4 is 0 Å². The van der Waals surface area contributed by atoms with Crippen molar-refractivity contribution in [3.63, 3.8) is 0 Å². The topological polar surface area (TPSA) is 102 Å². The molecule has 0 spiro atoms. The zero-order valence-corrected chi connectivity index (χ0v) is 11.3. The molecular formula is C10H13N3O5S. The van der Waals surface area contributed by atoms with Crippen molar-refractivity contribution in [3.05, 3.63) is 11.5 Å². The summed E-state index contributed by atoms with van der Waals surface area (Å²) in [6.45, 7) is 3.45. The molecule has 0 saturated carbocycles. The van der Waals surface area contributed by atoms with Crippen LogP contribution in [0.15, 0.2) is 14.4 Å². The number of morpholine rings is 1. The normalized spacial score (nSPS) is 21.1. The van der Waals surface area contributed by atoms with Gasteiger partial charge in [-0.2, -0.15) is 9.30 Å². The quantitative estimate of drug-likeness (QED) is 0.571. The molecule has 1 aliphatic heterocycles. The number of aliphatic imine (C=N–C) groups is 1. The van der Waals surface area contributed by atoms with Crippen molar-refractivity contribution < 1.29 is 22.5 Å².